The number of nitrogens with one attached hydrogen (secondary N) is 2. The summed E-state index contributed by atoms with van der Waals surface area (Å²) >= 11 is 0. The Bertz CT molecular complexity index is 749. The highest BCUT2D eigenvalue weighted by molar-refractivity contribution is 7.90. The average Bonchev–Trinajstić information content (AvgIpc) is 2.38. The molecular weight excluding hydrogens is 276 g/mol. The quantitative estimate of drug-likeness (QED) is 0.849. The van der Waals surface area contributed by atoms with Crippen molar-refractivity contribution in [3.63, 3.8) is 0 Å². The number of sulfonamides is 1. The molecule has 0 saturated carbocycles. The van der Waals surface area contributed by atoms with E-state index in [9.17, 15) is 13.2 Å². The highest BCUT2D eigenvalue weighted by Gasteiger charge is 2.13. The van der Waals surface area contributed by atoms with Crippen LogP contribution in [0.25, 0.3) is 10.8 Å². The van der Waals surface area contributed by atoms with E-state index in [1.807, 2.05) is 35.1 Å². The summed E-state index contributed by atoms with van der Waals surface area (Å²) in [7, 11) is -3.68. The Balaban J connectivity index is 2.20. The number of fused-ring (bicyclic) bond motifs is 1. The van der Waals surface area contributed by atoms with Gasteiger partial charge in [0.25, 0.3) is 0 Å². The molecule has 0 aliphatic carbocycles. The maximum absolute atomic E-state index is 11.7. The van der Waals surface area contributed by atoms with Crippen LogP contribution in [-0.4, -0.2) is 20.2 Å². The molecule has 0 fully saturated rings. The highest BCUT2D eigenvalue weighted by atomic mass is 32.2. The normalized spacial score (nSPS) is 11.0. The van der Waals surface area contributed by atoms with Gasteiger partial charge in [-0.25, -0.2) is 17.9 Å². The molecule has 6 heteroatoms. The van der Waals surface area contributed by atoms with Gasteiger partial charge in [-0.1, -0.05) is 42.5 Å². The lowest BCUT2D eigenvalue weighted by molar-refractivity contribution is 0.256. The molecule has 0 bridgehead atoms. The van der Waals surface area contributed by atoms with Gasteiger partial charge in [0.2, 0.25) is 10.0 Å². The van der Waals surface area contributed by atoms with Crippen LogP contribution in [0, 0.1) is 0 Å². The van der Waals surface area contributed by atoms with Crippen molar-refractivity contribution in [2.45, 2.75) is 0 Å². The van der Waals surface area contributed by atoms with Crippen LogP contribution in [0.3, 0.4) is 0 Å². The third-order valence-electron chi connectivity index (χ3n) is 2.62. The zero-order valence-corrected chi connectivity index (χ0v) is 11.5. The monoisotopic (exact) mass is 290 g/mol. The maximum atomic E-state index is 11.7. The van der Waals surface area contributed by atoms with Gasteiger partial charge in [-0.15, -0.1) is 6.58 Å². The van der Waals surface area contributed by atoms with Crippen molar-refractivity contribution in [1.82, 2.24) is 4.72 Å². The smallest absolute Gasteiger partial charge is 0.307 e. The molecule has 0 unspecified atom stereocenters. The van der Waals surface area contributed by atoms with Crippen LogP contribution in [0.1, 0.15) is 0 Å². The number of carbonyl (C=O) groups is 1. The zero-order valence-electron chi connectivity index (χ0n) is 10.7. The van der Waals surface area contributed by atoms with Gasteiger partial charge in [0.05, 0.1) is 11.4 Å². The molecule has 0 aliphatic heterocycles. The summed E-state index contributed by atoms with van der Waals surface area (Å²) in [6.45, 7) is 3.33. The van der Waals surface area contributed by atoms with Crippen molar-refractivity contribution < 1.29 is 13.2 Å². The SMILES string of the molecule is C=CCS(=O)(=O)NC(=O)Nc1cccc2ccccc12. The predicted octanol–water partition coefficient (Wildman–Crippen LogP) is 2.48. The minimum absolute atomic E-state index is 0.310. The topological polar surface area (TPSA) is 75.3 Å². The fourth-order valence-corrected chi connectivity index (χ4v) is 2.55. The number of amides is 2. The van der Waals surface area contributed by atoms with Crippen LogP contribution in [0.2, 0.25) is 0 Å². The van der Waals surface area contributed by atoms with Crippen molar-refractivity contribution >= 4 is 32.5 Å². The van der Waals surface area contributed by atoms with E-state index in [1.165, 1.54) is 6.08 Å². The molecular formula is C14H14N2O3S. The lowest BCUT2D eigenvalue weighted by Crippen LogP contribution is -2.35. The molecule has 0 atom stereocenters. The second kappa shape index (κ2) is 5.75. The van der Waals surface area contributed by atoms with Crippen LogP contribution in [0.5, 0.6) is 0 Å². The Morgan fingerprint density at radius 3 is 2.60 bits per heavy atom. The second-order valence-corrected chi connectivity index (χ2v) is 5.92. The number of hydrogen-bond donors (Lipinski definition) is 2. The molecule has 0 heterocycles. The second-order valence-electron chi connectivity index (χ2n) is 4.15. The summed E-state index contributed by atoms with van der Waals surface area (Å²) in [5.74, 6) is -0.310. The first-order valence-electron chi connectivity index (χ1n) is 5.92. The van der Waals surface area contributed by atoms with Gasteiger partial charge in [0.1, 0.15) is 0 Å². The van der Waals surface area contributed by atoms with Crippen molar-refractivity contribution in [3.8, 4) is 0 Å². The Morgan fingerprint density at radius 1 is 1.15 bits per heavy atom. The first kappa shape index (κ1) is 14.1. The maximum Gasteiger partial charge on any atom is 0.332 e. The number of rotatable bonds is 4. The molecule has 104 valence electrons. The van der Waals surface area contributed by atoms with Gasteiger partial charge in [-0.2, -0.15) is 0 Å². The summed E-state index contributed by atoms with van der Waals surface area (Å²) in [5, 5.41) is 4.33. The fourth-order valence-electron chi connectivity index (χ4n) is 1.82. The first-order chi connectivity index (χ1) is 9.52. The number of hydrogen-bond acceptors (Lipinski definition) is 3. The molecule has 0 spiro atoms. The largest absolute Gasteiger partial charge is 0.332 e. The van der Waals surface area contributed by atoms with Crippen LogP contribution in [0.15, 0.2) is 55.1 Å². The number of urea groups is 1. The minimum Gasteiger partial charge on any atom is -0.307 e. The lowest BCUT2D eigenvalue weighted by atomic mass is 10.1. The van der Waals surface area contributed by atoms with E-state index in [1.54, 1.807) is 12.1 Å². The molecule has 0 aliphatic rings. The molecule has 2 aromatic carbocycles. The molecule has 0 radical (unpaired) electrons. The highest BCUT2D eigenvalue weighted by Crippen LogP contribution is 2.22. The minimum atomic E-state index is -3.68. The Hall–Kier alpha value is -2.34. The standard InChI is InChI=1S/C14H14N2O3S/c1-2-10-20(18,19)16-14(17)15-13-9-5-7-11-6-3-4-8-12(11)13/h2-9H,1,10H2,(H2,15,16,17). The van der Waals surface area contributed by atoms with Gasteiger partial charge < -0.3 is 5.32 Å². The van der Waals surface area contributed by atoms with Crippen molar-refractivity contribution in [2.24, 2.45) is 0 Å². The lowest BCUT2D eigenvalue weighted by Gasteiger charge is -2.09. The summed E-state index contributed by atoms with van der Waals surface area (Å²) in [6.07, 6.45) is 1.22. The van der Waals surface area contributed by atoms with Gasteiger partial charge in [-0.3, -0.25) is 0 Å². The van der Waals surface area contributed by atoms with E-state index in [2.05, 4.69) is 11.9 Å². The van der Waals surface area contributed by atoms with Gasteiger partial charge in [0, 0.05) is 5.39 Å². The van der Waals surface area contributed by atoms with E-state index in [-0.39, 0.29) is 5.75 Å². The number of carbonyl (C=O) groups excluding carboxylic acids is 1. The molecule has 2 rings (SSSR count). The third-order valence-corrected chi connectivity index (χ3v) is 3.79. The Kier molecular flexibility index (Phi) is 4.05. The summed E-state index contributed by atoms with van der Waals surface area (Å²) in [4.78, 5) is 11.7. The molecule has 2 amide bonds. The molecule has 0 aromatic heterocycles. The van der Waals surface area contributed by atoms with E-state index in [0.717, 1.165) is 10.8 Å². The van der Waals surface area contributed by atoms with Crippen molar-refractivity contribution in [1.29, 1.82) is 0 Å². The Morgan fingerprint density at radius 2 is 1.85 bits per heavy atom. The van der Waals surface area contributed by atoms with Crippen LogP contribution < -0.4 is 10.0 Å². The van der Waals surface area contributed by atoms with E-state index >= 15 is 0 Å². The van der Waals surface area contributed by atoms with E-state index in [0.29, 0.717) is 5.69 Å². The Labute approximate surface area is 117 Å². The van der Waals surface area contributed by atoms with Crippen LogP contribution in [-0.2, 0) is 10.0 Å². The molecule has 2 aromatic rings. The zero-order chi connectivity index (χ0) is 14.6. The van der Waals surface area contributed by atoms with Gasteiger partial charge in [0.15, 0.2) is 0 Å². The van der Waals surface area contributed by atoms with Crippen LogP contribution in [0.4, 0.5) is 10.5 Å². The van der Waals surface area contributed by atoms with Gasteiger partial charge in [-0.05, 0) is 11.5 Å². The van der Waals surface area contributed by atoms with E-state index < -0.39 is 16.1 Å². The van der Waals surface area contributed by atoms with E-state index in [4.69, 9.17) is 0 Å². The molecule has 5 nitrogen and oxygen atoms in total. The summed E-state index contributed by atoms with van der Waals surface area (Å²) in [6, 6.07) is 12.1. The molecule has 0 saturated heterocycles. The van der Waals surface area contributed by atoms with Crippen molar-refractivity contribution in [2.75, 3.05) is 11.1 Å². The summed E-state index contributed by atoms with van der Waals surface area (Å²) in [5.41, 5.74) is 0.550. The average molecular weight is 290 g/mol. The molecule has 20 heavy (non-hydrogen) atoms. The fraction of sp³-hybridized carbons (Fsp3) is 0.0714. The first-order valence-corrected chi connectivity index (χ1v) is 7.57. The van der Waals surface area contributed by atoms with Crippen molar-refractivity contribution in [3.05, 3.63) is 55.1 Å². The van der Waals surface area contributed by atoms with Crippen LogP contribution >= 0.6 is 0 Å². The number of anilines is 1. The summed E-state index contributed by atoms with van der Waals surface area (Å²) < 4.78 is 24.8. The predicted molar refractivity (Wildman–Crippen MR) is 80.1 cm³/mol. The number of benzene rings is 2. The van der Waals surface area contributed by atoms with Gasteiger partial charge >= 0.3 is 6.03 Å². The third kappa shape index (κ3) is 3.36. The molecule has 2 N–H and O–H groups in total.